The van der Waals surface area contributed by atoms with Gasteiger partial charge in [-0.1, -0.05) is 29.3 Å². The number of nitrogens with one attached hydrogen (secondary N) is 1. The molecule has 0 aliphatic carbocycles. The van der Waals surface area contributed by atoms with E-state index in [9.17, 15) is 14.9 Å². The second kappa shape index (κ2) is 6.77. The van der Waals surface area contributed by atoms with Gasteiger partial charge in [0, 0.05) is 27.7 Å². The van der Waals surface area contributed by atoms with E-state index in [4.69, 9.17) is 23.2 Å². The quantitative estimate of drug-likeness (QED) is 0.663. The second-order valence-corrected chi connectivity index (χ2v) is 5.51. The Bertz CT molecular complexity index is 717. The van der Waals surface area contributed by atoms with Crippen molar-refractivity contribution in [1.29, 1.82) is 0 Å². The molecule has 2 aromatic rings. The largest absolute Gasteiger partial charge is 0.345 e. The Labute approximate surface area is 137 Å². The summed E-state index contributed by atoms with van der Waals surface area (Å²) in [6, 6.07) is 10.1. The van der Waals surface area contributed by atoms with Crippen molar-refractivity contribution >= 4 is 34.8 Å². The van der Waals surface area contributed by atoms with Crippen molar-refractivity contribution in [3.8, 4) is 0 Å². The molecule has 1 atom stereocenters. The third-order valence-electron chi connectivity index (χ3n) is 3.12. The number of halogens is 2. The van der Waals surface area contributed by atoms with Crippen LogP contribution >= 0.6 is 23.2 Å². The van der Waals surface area contributed by atoms with Gasteiger partial charge in [-0.25, -0.2) is 0 Å². The highest BCUT2D eigenvalue weighted by molar-refractivity contribution is 6.35. The van der Waals surface area contributed by atoms with Gasteiger partial charge in [-0.2, -0.15) is 0 Å². The first-order valence-corrected chi connectivity index (χ1v) is 7.14. The van der Waals surface area contributed by atoms with Crippen LogP contribution < -0.4 is 5.32 Å². The average molecular weight is 339 g/mol. The molecule has 7 heteroatoms. The van der Waals surface area contributed by atoms with Gasteiger partial charge in [0.1, 0.15) is 0 Å². The predicted octanol–water partition coefficient (Wildman–Crippen LogP) is 4.39. The van der Waals surface area contributed by atoms with Crippen LogP contribution in [0.1, 0.15) is 28.9 Å². The summed E-state index contributed by atoms with van der Waals surface area (Å²) in [5, 5.41) is 14.4. The molecule has 5 nitrogen and oxygen atoms in total. The highest BCUT2D eigenvalue weighted by atomic mass is 35.5. The lowest BCUT2D eigenvalue weighted by atomic mass is 10.1. The van der Waals surface area contributed by atoms with Crippen LogP contribution in [0.4, 0.5) is 5.69 Å². The Hall–Kier alpha value is -2.11. The number of carbonyl (C=O) groups is 1. The number of carbonyl (C=O) groups excluding carboxylic acids is 1. The average Bonchev–Trinajstić information content (AvgIpc) is 2.47. The number of benzene rings is 2. The highest BCUT2D eigenvalue weighted by Gasteiger charge is 2.15. The number of hydrogen-bond acceptors (Lipinski definition) is 3. The molecule has 114 valence electrons. The van der Waals surface area contributed by atoms with Gasteiger partial charge in [0.2, 0.25) is 0 Å². The third-order valence-corrected chi connectivity index (χ3v) is 3.68. The smallest absolute Gasteiger partial charge is 0.269 e. The van der Waals surface area contributed by atoms with Crippen LogP contribution in [0.3, 0.4) is 0 Å². The van der Waals surface area contributed by atoms with Crippen LogP contribution in [0.2, 0.25) is 10.0 Å². The molecule has 0 bridgehead atoms. The fourth-order valence-corrected chi connectivity index (χ4v) is 2.52. The molecule has 0 radical (unpaired) electrons. The van der Waals surface area contributed by atoms with E-state index in [2.05, 4.69) is 5.32 Å². The summed E-state index contributed by atoms with van der Waals surface area (Å²) in [6.07, 6.45) is 0. The number of nitrogens with zero attached hydrogens (tertiary/aromatic N) is 1. The van der Waals surface area contributed by atoms with Crippen LogP contribution in [0.15, 0.2) is 42.5 Å². The van der Waals surface area contributed by atoms with Gasteiger partial charge in [-0.3, -0.25) is 14.9 Å². The summed E-state index contributed by atoms with van der Waals surface area (Å²) in [7, 11) is 0. The maximum Gasteiger partial charge on any atom is 0.269 e. The molecule has 0 unspecified atom stereocenters. The molecule has 1 amide bonds. The number of hydrogen-bond donors (Lipinski definition) is 1. The molecule has 0 saturated carbocycles. The van der Waals surface area contributed by atoms with Crippen molar-refractivity contribution in [2.24, 2.45) is 0 Å². The monoisotopic (exact) mass is 338 g/mol. The molecule has 2 rings (SSSR count). The summed E-state index contributed by atoms with van der Waals surface area (Å²) in [4.78, 5) is 22.2. The molecule has 0 aliphatic heterocycles. The third kappa shape index (κ3) is 3.75. The standard InChI is InChI=1S/C15H12Cl2N2O3/c1-9(13-7-4-11(16)8-14(13)17)18-15(20)10-2-5-12(6-3-10)19(21)22/h2-9H,1H3,(H,18,20)/t9-/m1/s1. The summed E-state index contributed by atoms with van der Waals surface area (Å²) in [5.74, 6) is -0.339. The van der Waals surface area contributed by atoms with E-state index in [1.165, 1.54) is 24.3 Å². The maximum absolute atomic E-state index is 12.1. The van der Waals surface area contributed by atoms with Crippen LogP contribution in [-0.4, -0.2) is 10.8 Å². The van der Waals surface area contributed by atoms with E-state index in [0.717, 1.165) is 5.56 Å². The molecule has 0 aliphatic rings. The van der Waals surface area contributed by atoms with Gasteiger partial charge in [-0.15, -0.1) is 0 Å². The van der Waals surface area contributed by atoms with Gasteiger partial charge in [0.05, 0.1) is 11.0 Å². The highest BCUT2D eigenvalue weighted by Crippen LogP contribution is 2.26. The number of amides is 1. The number of non-ortho nitro benzene ring substituents is 1. The summed E-state index contributed by atoms with van der Waals surface area (Å²) in [6.45, 7) is 1.79. The molecule has 2 aromatic carbocycles. The lowest BCUT2D eigenvalue weighted by Gasteiger charge is -2.16. The Morgan fingerprint density at radius 1 is 1.18 bits per heavy atom. The molecule has 0 saturated heterocycles. The molecule has 0 fully saturated rings. The molecular formula is C15H12Cl2N2O3. The minimum absolute atomic E-state index is 0.0645. The Morgan fingerprint density at radius 2 is 1.82 bits per heavy atom. The van der Waals surface area contributed by atoms with Crippen LogP contribution in [0.25, 0.3) is 0 Å². The van der Waals surface area contributed by atoms with Gasteiger partial charge < -0.3 is 5.32 Å². The van der Waals surface area contributed by atoms with Gasteiger partial charge >= 0.3 is 0 Å². The Balaban J connectivity index is 2.12. The van der Waals surface area contributed by atoms with Crippen LogP contribution in [0.5, 0.6) is 0 Å². The van der Waals surface area contributed by atoms with E-state index in [1.807, 2.05) is 0 Å². The van der Waals surface area contributed by atoms with E-state index < -0.39 is 4.92 Å². The van der Waals surface area contributed by atoms with Crippen LogP contribution in [0, 0.1) is 10.1 Å². The van der Waals surface area contributed by atoms with E-state index in [-0.39, 0.29) is 17.6 Å². The minimum Gasteiger partial charge on any atom is -0.345 e. The van der Waals surface area contributed by atoms with Gasteiger partial charge in [0.15, 0.2) is 0 Å². The zero-order chi connectivity index (χ0) is 16.3. The normalized spacial score (nSPS) is 11.8. The lowest BCUT2D eigenvalue weighted by Crippen LogP contribution is -2.26. The molecular weight excluding hydrogens is 327 g/mol. The van der Waals surface area contributed by atoms with Gasteiger partial charge in [-0.05, 0) is 36.8 Å². The fraction of sp³-hybridized carbons (Fsp3) is 0.133. The lowest BCUT2D eigenvalue weighted by molar-refractivity contribution is -0.384. The molecule has 22 heavy (non-hydrogen) atoms. The second-order valence-electron chi connectivity index (χ2n) is 4.66. The molecule has 0 heterocycles. The number of rotatable bonds is 4. The molecule has 1 N–H and O–H groups in total. The molecule has 0 spiro atoms. The number of nitro groups is 1. The summed E-state index contributed by atoms with van der Waals surface area (Å²) < 4.78 is 0. The number of nitro benzene ring substituents is 1. The Morgan fingerprint density at radius 3 is 2.36 bits per heavy atom. The SMILES string of the molecule is C[C@@H](NC(=O)c1ccc([N+](=O)[O-])cc1)c1ccc(Cl)cc1Cl. The minimum atomic E-state index is -0.516. The van der Waals surface area contributed by atoms with Crippen molar-refractivity contribution < 1.29 is 9.72 Å². The van der Waals surface area contributed by atoms with Crippen LogP contribution in [-0.2, 0) is 0 Å². The Kier molecular flexibility index (Phi) is 5.00. The van der Waals surface area contributed by atoms with Crippen molar-refractivity contribution in [2.75, 3.05) is 0 Å². The van der Waals surface area contributed by atoms with E-state index >= 15 is 0 Å². The summed E-state index contributed by atoms with van der Waals surface area (Å²) >= 11 is 11.9. The van der Waals surface area contributed by atoms with Gasteiger partial charge in [0.25, 0.3) is 11.6 Å². The summed E-state index contributed by atoms with van der Waals surface area (Å²) in [5.41, 5.74) is 1.01. The zero-order valence-electron chi connectivity index (χ0n) is 11.5. The zero-order valence-corrected chi connectivity index (χ0v) is 13.1. The first-order chi connectivity index (χ1) is 10.4. The maximum atomic E-state index is 12.1. The van der Waals surface area contributed by atoms with Crippen molar-refractivity contribution in [3.05, 3.63) is 73.8 Å². The van der Waals surface area contributed by atoms with E-state index in [0.29, 0.717) is 15.6 Å². The molecule has 0 aromatic heterocycles. The fourth-order valence-electron chi connectivity index (χ4n) is 1.94. The topological polar surface area (TPSA) is 72.2 Å². The van der Waals surface area contributed by atoms with Crippen molar-refractivity contribution in [3.63, 3.8) is 0 Å². The first kappa shape index (κ1) is 16.3. The van der Waals surface area contributed by atoms with Crippen molar-refractivity contribution in [1.82, 2.24) is 5.32 Å². The predicted molar refractivity (Wildman–Crippen MR) is 85.4 cm³/mol. The van der Waals surface area contributed by atoms with Crippen molar-refractivity contribution in [2.45, 2.75) is 13.0 Å². The van der Waals surface area contributed by atoms with E-state index in [1.54, 1.807) is 25.1 Å². The first-order valence-electron chi connectivity index (χ1n) is 6.38.